The number of para-hydroxylation sites is 2. The summed E-state index contributed by atoms with van der Waals surface area (Å²) in [6.45, 7) is 8.06. The Balaban J connectivity index is 1.30. The summed E-state index contributed by atoms with van der Waals surface area (Å²) in [7, 11) is -19.0. The number of rotatable bonds is 30. The van der Waals surface area contributed by atoms with Gasteiger partial charge in [-0.05, 0) is 101 Å². The highest BCUT2D eigenvalue weighted by molar-refractivity contribution is 7.86. The molecule has 2 heterocycles. The van der Waals surface area contributed by atoms with Crippen molar-refractivity contribution in [2.24, 2.45) is 0 Å². The third-order valence-electron chi connectivity index (χ3n) is 11.6. The quantitative estimate of drug-likeness (QED) is 0.0219. The molecule has 2 aromatic heterocycles. The van der Waals surface area contributed by atoms with Crippen molar-refractivity contribution in [2.45, 2.75) is 87.5 Å². The molecular weight excluding hydrogens is 1200 g/mol. The van der Waals surface area contributed by atoms with E-state index < -0.39 is 96.9 Å². The summed E-state index contributed by atoms with van der Waals surface area (Å²) < 4.78 is 138. The average molecular weight is 1270 g/mol. The third-order valence-corrected chi connectivity index (χ3v) is 15.6. The highest BCUT2D eigenvalue weighted by Crippen LogP contribution is 2.30. The molecule has 2 atom stereocenters. The zero-order chi connectivity index (χ0) is 63.4. The number of carbonyl (C=O) groups is 2. The Hall–Kier alpha value is -8.06. The molecular formula is C52H66N14O16S4. The van der Waals surface area contributed by atoms with Gasteiger partial charge in [0.05, 0.1) is 34.8 Å². The van der Waals surface area contributed by atoms with Crippen LogP contribution in [0, 0.1) is 0 Å². The van der Waals surface area contributed by atoms with Crippen LogP contribution < -0.4 is 41.7 Å². The Morgan fingerprint density at radius 2 is 0.802 bits per heavy atom. The van der Waals surface area contributed by atoms with Gasteiger partial charge in [0.15, 0.2) is 0 Å². The fourth-order valence-electron chi connectivity index (χ4n) is 8.44. The van der Waals surface area contributed by atoms with Crippen molar-refractivity contribution in [1.29, 1.82) is 0 Å². The van der Waals surface area contributed by atoms with Crippen molar-refractivity contribution in [3.8, 4) is 0 Å². The lowest BCUT2D eigenvalue weighted by Crippen LogP contribution is -2.49. The molecule has 12 N–H and O–H groups in total. The fourth-order valence-corrected chi connectivity index (χ4v) is 11.8. The predicted octanol–water partition coefficient (Wildman–Crippen LogP) is 4.41. The van der Waals surface area contributed by atoms with E-state index in [1.165, 1.54) is 75.6 Å². The van der Waals surface area contributed by atoms with Crippen LogP contribution in [-0.2, 0) is 50.1 Å². The van der Waals surface area contributed by atoms with Crippen molar-refractivity contribution in [2.75, 3.05) is 68.8 Å². The molecule has 0 fully saturated rings. The zero-order valence-corrected chi connectivity index (χ0v) is 50.4. The number of nitrogens with zero attached hydrogens (tertiary/aromatic N) is 8. The van der Waals surface area contributed by atoms with E-state index in [4.69, 9.17) is 0 Å². The van der Waals surface area contributed by atoms with E-state index in [0.29, 0.717) is 11.4 Å². The summed E-state index contributed by atoms with van der Waals surface area (Å²) in [4.78, 5) is 54.5. The van der Waals surface area contributed by atoms with Crippen LogP contribution in [0.15, 0.2) is 107 Å². The number of aromatic nitrogens is 6. The Kier molecular flexibility index (Phi) is 21.8. The standard InChI is InChI=1S/C52H66N14O16S4/c1-33(67)29-65(25-23-43(69)63-51(3,4)31-83(71,72)73)49-59-45(53-37-13-9-7-10-14-37)57-47(61-49)55-39-21-19-35(41(27-39)85(77,78)79)17-18-36-20-22-40(28-42(36)86(80,81)82)56-48-58-46(54-38-15-11-8-12-16-38)60-50(62-48)66(30-34(2)68)26-24-44(70)64-52(5,6)32-84(74,75)76/h7-22,27-28,33-34,67-68H,23-26,29-32H2,1-6H3,(H,63,69)(H,64,70)(H,71,72,73)(H,74,75,76)(H,77,78,79)(H,80,81,82)(H2,53,55,57,59,61)(H2,54,56,58,60,62)/b18-17+. The first-order chi connectivity index (χ1) is 40.0. The lowest BCUT2D eigenvalue weighted by Gasteiger charge is -2.27. The van der Waals surface area contributed by atoms with Crippen molar-refractivity contribution < 1.29 is 71.7 Å². The van der Waals surface area contributed by atoms with Gasteiger partial charge in [0.1, 0.15) is 9.79 Å². The smallest absolute Gasteiger partial charge is 0.295 e. The van der Waals surface area contributed by atoms with Crippen LogP contribution in [0.1, 0.15) is 65.5 Å². The van der Waals surface area contributed by atoms with Crippen LogP contribution in [0.4, 0.5) is 58.4 Å². The monoisotopic (exact) mass is 1270 g/mol. The Morgan fingerprint density at radius 3 is 1.09 bits per heavy atom. The maximum atomic E-state index is 13.1. The number of carbonyl (C=O) groups excluding carboxylic acids is 2. The first-order valence-electron chi connectivity index (χ1n) is 26.0. The van der Waals surface area contributed by atoms with Gasteiger partial charge >= 0.3 is 0 Å². The molecule has 0 aliphatic heterocycles. The molecule has 0 saturated heterocycles. The summed E-state index contributed by atoms with van der Waals surface area (Å²) in [5.41, 5.74) is -1.97. The molecule has 2 unspecified atom stereocenters. The van der Waals surface area contributed by atoms with Crippen LogP contribution in [0.25, 0.3) is 12.2 Å². The number of amides is 2. The largest absolute Gasteiger partial charge is 0.392 e. The summed E-state index contributed by atoms with van der Waals surface area (Å²) in [5.74, 6) is -3.42. The molecule has 6 rings (SSSR count). The molecule has 0 aliphatic carbocycles. The first-order valence-corrected chi connectivity index (χ1v) is 32.1. The highest BCUT2D eigenvalue weighted by atomic mass is 32.2. The second-order valence-corrected chi connectivity index (χ2v) is 26.7. The van der Waals surface area contributed by atoms with E-state index >= 15 is 0 Å². The predicted molar refractivity (Wildman–Crippen MR) is 321 cm³/mol. The second kappa shape index (κ2) is 28.0. The molecule has 30 nitrogen and oxygen atoms in total. The van der Waals surface area contributed by atoms with Gasteiger partial charge in [0.2, 0.25) is 47.5 Å². The lowest BCUT2D eigenvalue weighted by molar-refractivity contribution is -0.123. The van der Waals surface area contributed by atoms with Crippen LogP contribution in [0.3, 0.4) is 0 Å². The van der Waals surface area contributed by atoms with Crippen LogP contribution >= 0.6 is 0 Å². The summed E-state index contributed by atoms with van der Waals surface area (Å²) in [6, 6.07) is 24.7. The van der Waals surface area contributed by atoms with E-state index in [1.807, 2.05) is 0 Å². The number of aliphatic hydroxyl groups is 2. The number of aliphatic hydroxyl groups excluding tert-OH is 2. The van der Waals surface area contributed by atoms with Gasteiger partial charge in [-0.15, -0.1) is 0 Å². The van der Waals surface area contributed by atoms with Crippen molar-refractivity contribution in [1.82, 2.24) is 40.5 Å². The summed E-state index contributed by atoms with van der Waals surface area (Å²) >= 11 is 0. The van der Waals surface area contributed by atoms with E-state index in [2.05, 4.69) is 61.8 Å². The maximum absolute atomic E-state index is 13.1. The zero-order valence-electron chi connectivity index (χ0n) is 47.2. The van der Waals surface area contributed by atoms with Gasteiger partial charge in [0, 0.05) is 61.8 Å². The Labute approximate surface area is 497 Å². The average Bonchev–Trinajstić information content (AvgIpc) is 1.34. The third kappa shape index (κ3) is 22.1. The molecule has 0 bridgehead atoms. The summed E-state index contributed by atoms with van der Waals surface area (Å²) in [6.07, 6.45) is -0.222. The lowest BCUT2D eigenvalue weighted by atomic mass is 10.1. The van der Waals surface area contributed by atoms with Crippen molar-refractivity contribution >= 4 is 123 Å². The van der Waals surface area contributed by atoms with Gasteiger partial charge < -0.3 is 51.9 Å². The van der Waals surface area contributed by atoms with E-state index in [-0.39, 0.29) is 97.2 Å². The molecule has 34 heteroatoms. The molecule has 86 heavy (non-hydrogen) atoms. The first kappa shape index (κ1) is 67.1. The Morgan fingerprint density at radius 1 is 0.488 bits per heavy atom. The van der Waals surface area contributed by atoms with E-state index in [1.54, 1.807) is 60.7 Å². The molecule has 6 aromatic rings. The van der Waals surface area contributed by atoms with Crippen LogP contribution in [-0.4, -0.2) is 165 Å². The topological polar surface area (TPSA) is 448 Å². The maximum Gasteiger partial charge on any atom is 0.295 e. The minimum atomic E-state index is -5.06. The minimum Gasteiger partial charge on any atom is -0.392 e. The van der Waals surface area contributed by atoms with E-state index in [9.17, 15) is 71.7 Å². The second-order valence-electron chi connectivity index (χ2n) is 21.0. The number of hydrogen-bond donors (Lipinski definition) is 12. The number of anilines is 10. The molecule has 464 valence electrons. The fraction of sp³-hybridized carbons (Fsp3) is 0.346. The van der Waals surface area contributed by atoms with E-state index in [0.717, 1.165) is 24.3 Å². The van der Waals surface area contributed by atoms with Crippen LogP contribution in [0.5, 0.6) is 0 Å². The molecule has 2 amide bonds. The van der Waals surface area contributed by atoms with Crippen molar-refractivity contribution in [3.05, 3.63) is 108 Å². The van der Waals surface area contributed by atoms with Gasteiger partial charge in [0.25, 0.3) is 40.5 Å². The molecule has 4 aromatic carbocycles. The number of nitrogens with one attached hydrogen (secondary N) is 6. The normalized spacial score (nSPS) is 13.1. The molecule has 0 saturated carbocycles. The van der Waals surface area contributed by atoms with Gasteiger partial charge in [-0.3, -0.25) is 27.8 Å². The Bertz CT molecular complexity index is 3630. The van der Waals surface area contributed by atoms with Crippen LogP contribution in [0.2, 0.25) is 0 Å². The number of benzene rings is 4. The van der Waals surface area contributed by atoms with Gasteiger partial charge in [-0.2, -0.15) is 63.6 Å². The minimum absolute atomic E-state index is 0.00456. The highest BCUT2D eigenvalue weighted by Gasteiger charge is 2.29. The molecule has 0 aliphatic rings. The summed E-state index contributed by atoms with van der Waals surface area (Å²) in [5, 5.41) is 37.9. The molecule has 0 radical (unpaired) electrons. The van der Waals surface area contributed by atoms with Gasteiger partial charge in [-0.25, -0.2) is 0 Å². The number of hydrogen-bond acceptors (Lipinski definition) is 24. The van der Waals surface area contributed by atoms with Gasteiger partial charge in [-0.1, -0.05) is 60.7 Å². The van der Waals surface area contributed by atoms with Crippen molar-refractivity contribution in [3.63, 3.8) is 0 Å². The SMILES string of the molecule is CC(O)CN(CCC(=O)NC(C)(C)CS(=O)(=O)O)c1nc(Nc2ccccc2)nc(Nc2ccc(/C=C/c3ccc(Nc4nc(Nc5ccccc5)nc(N(CCC(=O)NC(C)(C)CS(=O)(=O)O)CC(C)O)n4)cc3S(=O)(=O)O)c(S(=O)(=O)O)c2)n1. The molecule has 0 spiro atoms.